The lowest BCUT2D eigenvalue weighted by Gasteiger charge is -2.07. The Morgan fingerprint density at radius 3 is 2.37 bits per heavy atom. The van der Waals surface area contributed by atoms with Gasteiger partial charge in [-0.1, -0.05) is 25.0 Å². The maximum atomic E-state index is 11.9. The molecule has 0 aliphatic heterocycles. The Bertz CT molecular complexity index is 331. The van der Waals surface area contributed by atoms with E-state index in [4.69, 9.17) is 5.11 Å². The molecule has 0 saturated carbocycles. The molecule has 108 valence electrons. The van der Waals surface area contributed by atoms with Crippen LogP contribution in [0.3, 0.4) is 0 Å². The molecule has 0 saturated heterocycles. The number of alkyl halides is 2. The van der Waals surface area contributed by atoms with Gasteiger partial charge >= 0.3 is 6.61 Å². The van der Waals surface area contributed by atoms with Crippen LogP contribution in [-0.4, -0.2) is 24.9 Å². The van der Waals surface area contributed by atoms with Gasteiger partial charge in [0.2, 0.25) is 0 Å². The molecule has 0 fully saturated rings. The minimum atomic E-state index is -2.78. The number of nitrogens with one attached hydrogen (secondary N) is 1. The van der Waals surface area contributed by atoms with Gasteiger partial charge in [0, 0.05) is 13.2 Å². The molecule has 0 amide bonds. The van der Waals surface area contributed by atoms with E-state index in [0.717, 1.165) is 44.3 Å². The lowest BCUT2D eigenvalue weighted by molar-refractivity contribution is -0.0498. The van der Waals surface area contributed by atoms with Gasteiger partial charge in [-0.2, -0.15) is 8.78 Å². The van der Waals surface area contributed by atoms with Crippen molar-refractivity contribution in [1.29, 1.82) is 0 Å². The summed E-state index contributed by atoms with van der Waals surface area (Å²) < 4.78 is 28.2. The Morgan fingerprint density at radius 2 is 1.74 bits per heavy atom. The molecule has 3 nitrogen and oxygen atoms in total. The molecule has 0 atom stereocenters. The highest BCUT2D eigenvalue weighted by Crippen LogP contribution is 2.14. The average Bonchev–Trinajstić information content (AvgIpc) is 2.39. The first kappa shape index (κ1) is 15.9. The zero-order valence-electron chi connectivity index (χ0n) is 10.9. The monoisotopic (exact) mass is 273 g/mol. The fourth-order valence-electron chi connectivity index (χ4n) is 1.74. The number of aliphatic hydroxyl groups is 1. The molecule has 0 spiro atoms. The second-order valence-electron chi connectivity index (χ2n) is 4.34. The summed E-state index contributed by atoms with van der Waals surface area (Å²) in [7, 11) is 0. The number of unbranched alkanes of at least 4 members (excludes halogenated alkanes) is 3. The predicted molar refractivity (Wildman–Crippen MR) is 70.3 cm³/mol. The first-order valence-corrected chi connectivity index (χ1v) is 6.57. The van der Waals surface area contributed by atoms with Crippen LogP contribution in [0.1, 0.15) is 31.2 Å². The number of ether oxygens (including phenoxy) is 1. The third-order valence-electron chi connectivity index (χ3n) is 2.74. The summed E-state index contributed by atoms with van der Waals surface area (Å²) in [6.07, 6.45) is 4.10. The molecular weight excluding hydrogens is 252 g/mol. The first-order chi connectivity index (χ1) is 9.22. The molecule has 0 aliphatic carbocycles. The summed E-state index contributed by atoms with van der Waals surface area (Å²) in [6, 6.07) is 6.64. The van der Waals surface area contributed by atoms with E-state index in [1.165, 1.54) is 0 Å². The van der Waals surface area contributed by atoms with Gasteiger partial charge in [-0.15, -0.1) is 0 Å². The molecule has 0 aromatic heterocycles. The molecule has 1 rings (SSSR count). The molecule has 0 radical (unpaired) electrons. The van der Waals surface area contributed by atoms with Crippen LogP contribution in [0.2, 0.25) is 0 Å². The number of halogens is 2. The van der Waals surface area contributed by atoms with Gasteiger partial charge in [-0.3, -0.25) is 0 Å². The van der Waals surface area contributed by atoms with Crippen molar-refractivity contribution in [2.24, 2.45) is 0 Å². The van der Waals surface area contributed by atoms with E-state index >= 15 is 0 Å². The van der Waals surface area contributed by atoms with E-state index in [1.807, 2.05) is 0 Å². The fourth-order valence-corrected chi connectivity index (χ4v) is 1.74. The Morgan fingerprint density at radius 1 is 1.05 bits per heavy atom. The molecule has 0 unspecified atom stereocenters. The van der Waals surface area contributed by atoms with Crippen molar-refractivity contribution >= 4 is 0 Å². The van der Waals surface area contributed by atoms with Crippen molar-refractivity contribution in [1.82, 2.24) is 5.32 Å². The van der Waals surface area contributed by atoms with Gasteiger partial charge in [0.25, 0.3) is 0 Å². The highest BCUT2D eigenvalue weighted by atomic mass is 19.3. The molecule has 0 aliphatic rings. The van der Waals surface area contributed by atoms with Crippen molar-refractivity contribution in [2.45, 2.75) is 38.8 Å². The van der Waals surface area contributed by atoms with E-state index in [2.05, 4.69) is 10.1 Å². The Labute approximate surface area is 112 Å². The number of benzene rings is 1. The number of hydrogen-bond donors (Lipinski definition) is 2. The van der Waals surface area contributed by atoms with Gasteiger partial charge in [0.15, 0.2) is 0 Å². The normalized spacial score (nSPS) is 10.9. The smallest absolute Gasteiger partial charge is 0.387 e. The maximum Gasteiger partial charge on any atom is 0.387 e. The van der Waals surface area contributed by atoms with E-state index < -0.39 is 6.61 Å². The summed E-state index contributed by atoms with van der Waals surface area (Å²) in [5.41, 5.74) is 1.04. The Kier molecular flexibility index (Phi) is 8.09. The van der Waals surface area contributed by atoms with Gasteiger partial charge in [-0.25, -0.2) is 0 Å². The van der Waals surface area contributed by atoms with Crippen LogP contribution in [0, 0.1) is 0 Å². The Balaban J connectivity index is 2.12. The van der Waals surface area contributed by atoms with Crippen LogP contribution < -0.4 is 10.1 Å². The van der Waals surface area contributed by atoms with Gasteiger partial charge in [-0.05, 0) is 37.1 Å². The zero-order chi connectivity index (χ0) is 13.9. The number of hydrogen-bond acceptors (Lipinski definition) is 3. The van der Waals surface area contributed by atoms with E-state index in [-0.39, 0.29) is 12.4 Å². The highest BCUT2D eigenvalue weighted by Gasteiger charge is 2.03. The van der Waals surface area contributed by atoms with Gasteiger partial charge in [0.1, 0.15) is 5.75 Å². The van der Waals surface area contributed by atoms with Gasteiger partial charge in [0.05, 0.1) is 0 Å². The molecule has 5 heteroatoms. The first-order valence-electron chi connectivity index (χ1n) is 6.57. The molecule has 19 heavy (non-hydrogen) atoms. The van der Waals surface area contributed by atoms with Crippen LogP contribution in [-0.2, 0) is 6.54 Å². The van der Waals surface area contributed by atoms with Crippen molar-refractivity contribution in [3.05, 3.63) is 29.8 Å². The second kappa shape index (κ2) is 9.69. The summed E-state index contributed by atoms with van der Waals surface area (Å²) in [5, 5.41) is 11.9. The van der Waals surface area contributed by atoms with Crippen LogP contribution in [0.4, 0.5) is 8.78 Å². The molecular formula is C14H21F2NO2. The van der Waals surface area contributed by atoms with Crippen LogP contribution in [0.15, 0.2) is 24.3 Å². The van der Waals surface area contributed by atoms with Crippen molar-refractivity contribution < 1.29 is 18.6 Å². The summed E-state index contributed by atoms with van der Waals surface area (Å²) in [5.74, 6) is 0.183. The standard InChI is InChI=1S/C14H21F2NO2/c15-14(16)19-13-7-5-12(6-8-13)11-17-9-3-1-2-4-10-18/h5-8,14,17-18H,1-4,9-11H2. The molecule has 2 N–H and O–H groups in total. The quantitative estimate of drug-likeness (QED) is 0.644. The van der Waals surface area contributed by atoms with Crippen LogP contribution in [0.5, 0.6) is 5.75 Å². The van der Waals surface area contributed by atoms with Crippen molar-refractivity contribution in [2.75, 3.05) is 13.2 Å². The average molecular weight is 273 g/mol. The Hall–Kier alpha value is -1.20. The maximum absolute atomic E-state index is 11.9. The lowest BCUT2D eigenvalue weighted by Crippen LogP contribution is -2.14. The largest absolute Gasteiger partial charge is 0.435 e. The number of aliphatic hydroxyl groups excluding tert-OH is 1. The van der Waals surface area contributed by atoms with Crippen molar-refractivity contribution in [3.63, 3.8) is 0 Å². The van der Waals surface area contributed by atoms with E-state index in [0.29, 0.717) is 0 Å². The number of rotatable bonds is 10. The van der Waals surface area contributed by atoms with Crippen LogP contribution >= 0.6 is 0 Å². The molecule has 0 bridgehead atoms. The summed E-state index contributed by atoms with van der Waals surface area (Å²) in [4.78, 5) is 0. The van der Waals surface area contributed by atoms with Crippen molar-refractivity contribution in [3.8, 4) is 5.75 Å². The SMILES string of the molecule is OCCCCCCNCc1ccc(OC(F)F)cc1. The lowest BCUT2D eigenvalue weighted by atomic mass is 10.2. The third kappa shape index (κ3) is 7.74. The predicted octanol–water partition coefficient (Wildman–Crippen LogP) is 2.93. The second-order valence-corrected chi connectivity index (χ2v) is 4.34. The summed E-state index contributed by atoms with van der Waals surface area (Å²) in [6.45, 7) is -0.876. The van der Waals surface area contributed by atoms with Gasteiger partial charge < -0.3 is 15.2 Å². The molecule has 0 heterocycles. The molecule has 1 aromatic carbocycles. The van der Waals surface area contributed by atoms with Crippen LogP contribution in [0.25, 0.3) is 0 Å². The zero-order valence-corrected chi connectivity index (χ0v) is 10.9. The van der Waals surface area contributed by atoms with E-state index in [1.54, 1.807) is 24.3 Å². The summed E-state index contributed by atoms with van der Waals surface area (Å²) >= 11 is 0. The minimum Gasteiger partial charge on any atom is -0.435 e. The highest BCUT2D eigenvalue weighted by molar-refractivity contribution is 5.27. The molecule has 1 aromatic rings. The fraction of sp³-hybridized carbons (Fsp3) is 0.571. The minimum absolute atomic E-state index is 0.183. The van der Waals surface area contributed by atoms with E-state index in [9.17, 15) is 8.78 Å². The third-order valence-corrected chi connectivity index (χ3v) is 2.74. The topological polar surface area (TPSA) is 41.5 Å².